The molecule has 0 bridgehead atoms. The lowest BCUT2D eigenvalue weighted by molar-refractivity contribution is -0.136. The standard InChI is InChI=1S/C20H28N2O2S/c23-20(22-10-13-25-14-11-22)17-4-8-21(9-5-17)7-3-16-1-2-19-18(15-16)6-12-24-19/h1-2,15,17H,3-14H2. The monoisotopic (exact) mass is 360 g/mol. The van der Waals surface area contributed by atoms with Crippen LogP contribution in [0.2, 0.25) is 0 Å². The molecule has 1 aromatic rings. The molecule has 0 aliphatic carbocycles. The molecule has 5 heteroatoms. The van der Waals surface area contributed by atoms with E-state index in [1.54, 1.807) is 0 Å². The first-order valence-electron chi connectivity index (χ1n) is 9.63. The molecule has 0 saturated carbocycles. The van der Waals surface area contributed by atoms with Gasteiger partial charge in [0.25, 0.3) is 0 Å². The molecule has 0 aromatic heterocycles. The van der Waals surface area contributed by atoms with E-state index in [1.165, 1.54) is 11.1 Å². The molecule has 136 valence electrons. The van der Waals surface area contributed by atoms with Gasteiger partial charge < -0.3 is 14.5 Å². The smallest absolute Gasteiger partial charge is 0.225 e. The highest BCUT2D eigenvalue weighted by atomic mass is 32.2. The molecular formula is C20H28N2O2S. The van der Waals surface area contributed by atoms with Crippen molar-refractivity contribution >= 4 is 17.7 Å². The first-order chi connectivity index (χ1) is 12.3. The Labute approximate surface area is 154 Å². The van der Waals surface area contributed by atoms with Crippen molar-refractivity contribution in [1.82, 2.24) is 9.80 Å². The van der Waals surface area contributed by atoms with Crippen LogP contribution in [0.25, 0.3) is 0 Å². The minimum absolute atomic E-state index is 0.261. The number of hydrogen-bond donors (Lipinski definition) is 0. The maximum absolute atomic E-state index is 12.6. The highest BCUT2D eigenvalue weighted by molar-refractivity contribution is 7.99. The Kier molecular flexibility index (Phi) is 5.51. The number of piperidine rings is 1. The van der Waals surface area contributed by atoms with Gasteiger partial charge in [0.05, 0.1) is 6.61 Å². The predicted molar refractivity (Wildman–Crippen MR) is 102 cm³/mol. The third-order valence-electron chi connectivity index (χ3n) is 5.73. The molecule has 0 N–H and O–H groups in total. The average Bonchev–Trinajstić information content (AvgIpc) is 3.15. The number of rotatable bonds is 4. The Morgan fingerprint density at radius 1 is 1.16 bits per heavy atom. The molecule has 1 aromatic carbocycles. The third kappa shape index (κ3) is 4.14. The molecule has 1 amide bonds. The largest absolute Gasteiger partial charge is 0.493 e. The number of hydrogen-bond acceptors (Lipinski definition) is 4. The van der Waals surface area contributed by atoms with E-state index in [4.69, 9.17) is 4.74 Å². The average molecular weight is 361 g/mol. The lowest BCUT2D eigenvalue weighted by Gasteiger charge is -2.35. The van der Waals surface area contributed by atoms with Gasteiger partial charge >= 0.3 is 0 Å². The number of carbonyl (C=O) groups is 1. The number of ether oxygens (including phenoxy) is 1. The number of likely N-dealkylation sites (tertiary alicyclic amines) is 1. The van der Waals surface area contributed by atoms with Gasteiger partial charge in [-0.05, 0) is 49.5 Å². The van der Waals surface area contributed by atoms with Gasteiger partial charge in [-0.3, -0.25) is 4.79 Å². The summed E-state index contributed by atoms with van der Waals surface area (Å²) in [5.41, 5.74) is 2.77. The number of carbonyl (C=O) groups excluding carboxylic acids is 1. The second-order valence-corrected chi connectivity index (χ2v) is 8.57. The minimum Gasteiger partial charge on any atom is -0.493 e. The Bertz CT molecular complexity index is 608. The Hall–Kier alpha value is -1.20. The topological polar surface area (TPSA) is 32.8 Å². The van der Waals surface area contributed by atoms with Gasteiger partial charge in [0.2, 0.25) is 5.91 Å². The van der Waals surface area contributed by atoms with Crippen LogP contribution in [0.1, 0.15) is 24.0 Å². The summed E-state index contributed by atoms with van der Waals surface area (Å²) in [5.74, 6) is 3.96. The summed E-state index contributed by atoms with van der Waals surface area (Å²) in [7, 11) is 0. The van der Waals surface area contributed by atoms with Gasteiger partial charge in [-0.15, -0.1) is 0 Å². The molecule has 4 rings (SSSR count). The highest BCUT2D eigenvalue weighted by Crippen LogP contribution is 2.26. The van der Waals surface area contributed by atoms with Crippen molar-refractivity contribution < 1.29 is 9.53 Å². The van der Waals surface area contributed by atoms with E-state index < -0.39 is 0 Å². The maximum atomic E-state index is 12.6. The highest BCUT2D eigenvalue weighted by Gasteiger charge is 2.29. The fourth-order valence-corrected chi connectivity index (χ4v) is 5.03. The number of amides is 1. The van der Waals surface area contributed by atoms with Crippen LogP contribution in [0.5, 0.6) is 5.75 Å². The van der Waals surface area contributed by atoms with E-state index in [0.29, 0.717) is 5.91 Å². The van der Waals surface area contributed by atoms with Gasteiger partial charge in [-0.25, -0.2) is 0 Å². The van der Waals surface area contributed by atoms with Crippen LogP contribution in [-0.2, 0) is 17.6 Å². The molecule has 0 unspecified atom stereocenters. The quantitative estimate of drug-likeness (QED) is 0.826. The molecule has 2 fully saturated rings. The molecular weight excluding hydrogens is 332 g/mol. The van der Waals surface area contributed by atoms with Crippen LogP contribution >= 0.6 is 11.8 Å². The Morgan fingerprint density at radius 2 is 1.96 bits per heavy atom. The van der Waals surface area contributed by atoms with Gasteiger partial charge in [0.1, 0.15) is 5.75 Å². The van der Waals surface area contributed by atoms with Gasteiger partial charge in [0.15, 0.2) is 0 Å². The second kappa shape index (κ2) is 8.00. The number of thioether (sulfide) groups is 1. The maximum Gasteiger partial charge on any atom is 0.225 e. The normalized spacial score (nSPS) is 21.8. The number of fused-ring (bicyclic) bond motifs is 1. The fourth-order valence-electron chi connectivity index (χ4n) is 4.13. The van der Waals surface area contributed by atoms with E-state index in [-0.39, 0.29) is 5.92 Å². The van der Waals surface area contributed by atoms with Crippen LogP contribution < -0.4 is 4.74 Å². The van der Waals surface area contributed by atoms with Crippen LogP contribution in [0.15, 0.2) is 18.2 Å². The van der Waals surface area contributed by atoms with Crippen molar-refractivity contribution in [3.05, 3.63) is 29.3 Å². The van der Waals surface area contributed by atoms with Crippen molar-refractivity contribution in [3.63, 3.8) is 0 Å². The van der Waals surface area contributed by atoms with E-state index in [2.05, 4.69) is 28.0 Å². The predicted octanol–water partition coefficient (Wildman–Crippen LogP) is 2.45. The van der Waals surface area contributed by atoms with E-state index >= 15 is 0 Å². The van der Waals surface area contributed by atoms with Crippen LogP contribution in [0, 0.1) is 5.92 Å². The summed E-state index contributed by atoms with van der Waals surface area (Å²) in [6.45, 7) is 5.95. The van der Waals surface area contributed by atoms with Crippen molar-refractivity contribution in [2.75, 3.05) is 50.8 Å². The lowest BCUT2D eigenvalue weighted by Crippen LogP contribution is -2.45. The van der Waals surface area contributed by atoms with Crippen LogP contribution in [0.4, 0.5) is 0 Å². The number of benzene rings is 1. The number of nitrogens with zero attached hydrogens (tertiary/aromatic N) is 2. The third-order valence-corrected chi connectivity index (χ3v) is 6.67. The van der Waals surface area contributed by atoms with Crippen molar-refractivity contribution in [2.45, 2.75) is 25.7 Å². The zero-order valence-electron chi connectivity index (χ0n) is 14.9. The summed E-state index contributed by atoms with van der Waals surface area (Å²) in [5, 5.41) is 0. The molecule has 3 aliphatic heterocycles. The van der Waals surface area contributed by atoms with Crippen molar-refractivity contribution in [1.29, 1.82) is 0 Å². The molecule has 3 aliphatic rings. The van der Waals surface area contributed by atoms with Gasteiger partial charge in [0, 0.05) is 43.5 Å². The molecule has 0 atom stereocenters. The fraction of sp³-hybridized carbons (Fsp3) is 0.650. The second-order valence-electron chi connectivity index (χ2n) is 7.34. The van der Waals surface area contributed by atoms with E-state index in [1.807, 2.05) is 11.8 Å². The molecule has 0 radical (unpaired) electrons. The van der Waals surface area contributed by atoms with E-state index in [9.17, 15) is 4.79 Å². The summed E-state index contributed by atoms with van der Waals surface area (Å²) >= 11 is 1.96. The minimum atomic E-state index is 0.261. The van der Waals surface area contributed by atoms with Crippen LogP contribution in [-0.4, -0.2) is 66.5 Å². The van der Waals surface area contributed by atoms with Crippen molar-refractivity contribution in [3.8, 4) is 5.75 Å². The zero-order chi connectivity index (χ0) is 17.1. The molecule has 2 saturated heterocycles. The molecule has 25 heavy (non-hydrogen) atoms. The first kappa shape index (κ1) is 17.2. The van der Waals surface area contributed by atoms with Crippen molar-refractivity contribution in [2.24, 2.45) is 5.92 Å². The summed E-state index contributed by atoms with van der Waals surface area (Å²) in [6.07, 6.45) is 4.20. The first-order valence-corrected chi connectivity index (χ1v) is 10.8. The van der Waals surface area contributed by atoms with Gasteiger partial charge in [-0.2, -0.15) is 11.8 Å². The van der Waals surface area contributed by atoms with E-state index in [0.717, 1.165) is 82.3 Å². The molecule has 3 heterocycles. The molecule has 0 spiro atoms. The molecule has 4 nitrogen and oxygen atoms in total. The lowest BCUT2D eigenvalue weighted by atomic mass is 9.95. The zero-order valence-corrected chi connectivity index (χ0v) is 15.7. The Morgan fingerprint density at radius 3 is 2.76 bits per heavy atom. The Balaban J connectivity index is 1.23. The summed E-state index contributed by atoms with van der Waals surface area (Å²) in [6, 6.07) is 6.64. The summed E-state index contributed by atoms with van der Waals surface area (Å²) < 4.78 is 5.58. The summed E-state index contributed by atoms with van der Waals surface area (Å²) in [4.78, 5) is 17.3. The van der Waals surface area contributed by atoms with Gasteiger partial charge in [-0.1, -0.05) is 12.1 Å². The SMILES string of the molecule is O=C(C1CCN(CCc2ccc3c(c2)CCO3)CC1)N1CCSCC1. The van der Waals surface area contributed by atoms with Crippen LogP contribution in [0.3, 0.4) is 0 Å².